The van der Waals surface area contributed by atoms with Crippen molar-refractivity contribution in [3.63, 3.8) is 0 Å². The zero-order valence-corrected chi connectivity index (χ0v) is 12.7. The minimum Gasteiger partial charge on any atom is -0.380 e. The number of benzene rings is 1. The fraction of sp³-hybridized carbons (Fsp3) is 0.588. The highest BCUT2D eigenvalue weighted by atomic mass is 16.5. The molecule has 0 amide bonds. The Morgan fingerprint density at radius 3 is 2.81 bits per heavy atom. The van der Waals surface area contributed by atoms with Gasteiger partial charge in [0.1, 0.15) is 5.78 Å². The lowest BCUT2D eigenvalue weighted by atomic mass is 9.96. The van der Waals surface area contributed by atoms with E-state index in [-0.39, 0.29) is 5.92 Å². The molecule has 4 nitrogen and oxygen atoms in total. The van der Waals surface area contributed by atoms with Crippen molar-refractivity contribution in [1.29, 1.82) is 0 Å². The van der Waals surface area contributed by atoms with Gasteiger partial charge in [0, 0.05) is 38.6 Å². The number of nitrogens with zero attached hydrogens (tertiary/aromatic N) is 2. The fourth-order valence-corrected chi connectivity index (χ4v) is 3.30. The molecule has 0 radical (unpaired) electrons. The Morgan fingerprint density at radius 1 is 1.24 bits per heavy atom. The Bertz CT molecular complexity index is 477. The highest BCUT2D eigenvalue weighted by molar-refractivity contribution is 5.82. The highest BCUT2D eigenvalue weighted by Crippen LogP contribution is 2.26. The topological polar surface area (TPSA) is 32.8 Å². The molecule has 1 aromatic carbocycles. The van der Waals surface area contributed by atoms with Crippen molar-refractivity contribution in [2.75, 3.05) is 46.4 Å². The van der Waals surface area contributed by atoms with E-state index in [0.717, 1.165) is 26.2 Å². The summed E-state index contributed by atoms with van der Waals surface area (Å²) in [6, 6.07) is 11.0. The van der Waals surface area contributed by atoms with Crippen molar-refractivity contribution >= 4 is 5.78 Å². The molecule has 0 N–H and O–H groups in total. The maximum Gasteiger partial charge on any atom is 0.141 e. The van der Waals surface area contributed by atoms with Crippen LogP contribution in [0.4, 0.5) is 0 Å². The van der Waals surface area contributed by atoms with Crippen molar-refractivity contribution in [3.05, 3.63) is 35.9 Å². The molecular formula is C17H24N2O2. The number of rotatable bonds is 3. The molecule has 2 fully saturated rings. The highest BCUT2D eigenvalue weighted by Gasteiger charge is 2.31. The summed E-state index contributed by atoms with van der Waals surface area (Å²) in [6.07, 6.45) is 0.578. The Kier molecular flexibility index (Phi) is 4.68. The fourth-order valence-electron chi connectivity index (χ4n) is 3.30. The van der Waals surface area contributed by atoms with E-state index in [4.69, 9.17) is 4.74 Å². The molecule has 0 bridgehead atoms. The second kappa shape index (κ2) is 6.69. The van der Waals surface area contributed by atoms with Crippen LogP contribution in [-0.4, -0.2) is 62.0 Å². The Balaban J connectivity index is 1.73. The van der Waals surface area contributed by atoms with Crippen LogP contribution in [0.15, 0.2) is 30.3 Å². The molecule has 114 valence electrons. The molecule has 0 saturated carbocycles. The number of hydrogen-bond donors (Lipinski definition) is 0. The lowest BCUT2D eigenvalue weighted by Crippen LogP contribution is -2.50. The first-order valence-corrected chi connectivity index (χ1v) is 7.82. The number of Topliss-reactive ketones (excluding diaryl/α,β-unsaturated/α-hetero) is 1. The van der Waals surface area contributed by atoms with Crippen LogP contribution in [-0.2, 0) is 9.53 Å². The first-order chi connectivity index (χ1) is 10.2. The average molecular weight is 288 g/mol. The van der Waals surface area contributed by atoms with Gasteiger partial charge in [0.05, 0.1) is 19.1 Å². The van der Waals surface area contributed by atoms with Crippen molar-refractivity contribution < 1.29 is 9.53 Å². The summed E-state index contributed by atoms with van der Waals surface area (Å²) in [5.41, 5.74) is 1.34. The van der Waals surface area contributed by atoms with Gasteiger partial charge in [0.15, 0.2) is 0 Å². The van der Waals surface area contributed by atoms with Crippen LogP contribution in [0, 0.1) is 5.92 Å². The SMILES string of the molecule is CN1CCN(CC2COCCC2=O)C(c2ccccc2)C1. The second-order valence-electron chi connectivity index (χ2n) is 6.17. The maximum atomic E-state index is 12.1. The molecular weight excluding hydrogens is 264 g/mol. The number of carbonyl (C=O) groups excluding carboxylic acids is 1. The monoisotopic (exact) mass is 288 g/mol. The Morgan fingerprint density at radius 2 is 2.05 bits per heavy atom. The Hall–Kier alpha value is -1.23. The summed E-state index contributed by atoms with van der Waals surface area (Å²) in [7, 11) is 2.17. The number of carbonyl (C=O) groups is 1. The normalized spacial score (nSPS) is 28.7. The van der Waals surface area contributed by atoms with Gasteiger partial charge < -0.3 is 9.64 Å². The predicted octanol–water partition coefficient (Wildman–Crippen LogP) is 1.58. The largest absolute Gasteiger partial charge is 0.380 e. The van der Waals surface area contributed by atoms with E-state index in [1.807, 2.05) is 0 Å². The minimum absolute atomic E-state index is 0.0494. The van der Waals surface area contributed by atoms with E-state index in [1.54, 1.807) is 0 Å². The van der Waals surface area contributed by atoms with E-state index in [2.05, 4.69) is 47.2 Å². The summed E-state index contributed by atoms with van der Waals surface area (Å²) in [5.74, 6) is 0.417. The van der Waals surface area contributed by atoms with Crippen LogP contribution in [0.3, 0.4) is 0 Å². The van der Waals surface area contributed by atoms with Gasteiger partial charge in [-0.2, -0.15) is 0 Å². The lowest BCUT2D eigenvalue weighted by Gasteiger charge is -2.42. The van der Waals surface area contributed by atoms with Gasteiger partial charge in [-0.05, 0) is 12.6 Å². The van der Waals surface area contributed by atoms with Crippen molar-refractivity contribution in [2.45, 2.75) is 12.5 Å². The summed E-state index contributed by atoms with van der Waals surface area (Å²) in [6.45, 7) is 5.11. The van der Waals surface area contributed by atoms with Gasteiger partial charge in [0.25, 0.3) is 0 Å². The molecule has 4 heteroatoms. The van der Waals surface area contributed by atoms with E-state index in [9.17, 15) is 4.79 Å². The molecule has 2 unspecified atom stereocenters. The van der Waals surface area contributed by atoms with Gasteiger partial charge in [0.2, 0.25) is 0 Å². The molecule has 2 heterocycles. The van der Waals surface area contributed by atoms with E-state index < -0.39 is 0 Å². The zero-order valence-electron chi connectivity index (χ0n) is 12.7. The number of ketones is 1. The van der Waals surface area contributed by atoms with Gasteiger partial charge in [-0.25, -0.2) is 0 Å². The summed E-state index contributed by atoms with van der Waals surface area (Å²) in [4.78, 5) is 16.9. The van der Waals surface area contributed by atoms with Crippen molar-refractivity contribution in [1.82, 2.24) is 9.80 Å². The second-order valence-corrected chi connectivity index (χ2v) is 6.17. The van der Waals surface area contributed by atoms with Gasteiger partial charge in [-0.3, -0.25) is 9.69 Å². The third kappa shape index (κ3) is 3.51. The maximum absolute atomic E-state index is 12.1. The lowest BCUT2D eigenvalue weighted by molar-refractivity contribution is -0.132. The van der Waals surface area contributed by atoms with Crippen LogP contribution >= 0.6 is 0 Å². The summed E-state index contributed by atoms with van der Waals surface area (Å²) < 4.78 is 5.50. The summed E-state index contributed by atoms with van der Waals surface area (Å²) >= 11 is 0. The first-order valence-electron chi connectivity index (χ1n) is 7.82. The van der Waals surface area contributed by atoms with Crippen LogP contribution in [0.5, 0.6) is 0 Å². The van der Waals surface area contributed by atoms with Crippen molar-refractivity contribution in [2.24, 2.45) is 5.92 Å². The number of hydrogen-bond acceptors (Lipinski definition) is 4. The number of ether oxygens (including phenoxy) is 1. The minimum atomic E-state index is 0.0494. The van der Waals surface area contributed by atoms with Crippen LogP contribution in [0.1, 0.15) is 18.0 Å². The number of likely N-dealkylation sites (N-methyl/N-ethyl adjacent to an activating group) is 1. The first kappa shape index (κ1) is 14.7. The van der Waals surface area contributed by atoms with E-state index >= 15 is 0 Å². The molecule has 0 spiro atoms. The van der Waals surface area contributed by atoms with E-state index in [1.165, 1.54) is 5.56 Å². The van der Waals surface area contributed by atoms with Gasteiger partial charge in [-0.15, -0.1) is 0 Å². The van der Waals surface area contributed by atoms with Gasteiger partial charge >= 0.3 is 0 Å². The molecule has 1 aromatic rings. The van der Waals surface area contributed by atoms with Crippen LogP contribution < -0.4 is 0 Å². The zero-order chi connectivity index (χ0) is 14.7. The quantitative estimate of drug-likeness (QED) is 0.845. The third-order valence-electron chi connectivity index (χ3n) is 4.60. The molecule has 2 atom stereocenters. The van der Waals surface area contributed by atoms with E-state index in [0.29, 0.717) is 31.5 Å². The molecule has 2 saturated heterocycles. The van der Waals surface area contributed by atoms with Crippen LogP contribution in [0.2, 0.25) is 0 Å². The molecule has 21 heavy (non-hydrogen) atoms. The molecule has 2 aliphatic heterocycles. The molecule has 0 aliphatic carbocycles. The molecule has 0 aromatic heterocycles. The summed E-state index contributed by atoms with van der Waals surface area (Å²) in [5, 5.41) is 0. The standard InChI is InChI=1S/C17H24N2O2/c1-18-8-9-19(11-15-13-21-10-7-17(15)20)16(12-18)14-5-3-2-4-6-14/h2-6,15-16H,7-13H2,1H3. The van der Waals surface area contributed by atoms with Crippen molar-refractivity contribution in [3.8, 4) is 0 Å². The predicted molar refractivity (Wildman–Crippen MR) is 82.2 cm³/mol. The van der Waals surface area contributed by atoms with Crippen LogP contribution in [0.25, 0.3) is 0 Å². The smallest absolute Gasteiger partial charge is 0.141 e. The van der Waals surface area contributed by atoms with Gasteiger partial charge in [-0.1, -0.05) is 30.3 Å². The Labute approximate surface area is 126 Å². The molecule has 2 aliphatic rings. The third-order valence-corrected chi connectivity index (χ3v) is 4.60. The number of piperazine rings is 1. The average Bonchev–Trinajstić information content (AvgIpc) is 2.52. The molecule has 3 rings (SSSR count).